The third-order valence-electron chi connectivity index (χ3n) is 4.94. The van der Waals surface area contributed by atoms with Crippen molar-refractivity contribution >= 4 is 33.2 Å². The Morgan fingerprint density at radius 1 is 1.36 bits per heavy atom. The highest BCUT2D eigenvalue weighted by molar-refractivity contribution is 7.18. The van der Waals surface area contributed by atoms with E-state index in [4.69, 9.17) is 4.74 Å². The van der Waals surface area contributed by atoms with Gasteiger partial charge < -0.3 is 9.72 Å². The summed E-state index contributed by atoms with van der Waals surface area (Å²) >= 11 is 1.52. The van der Waals surface area contributed by atoms with E-state index in [1.54, 1.807) is 0 Å². The van der Waals surface area contributed by atoms with Gasteiger partial charge in [0, 0.05) is 16.5 Å². The van der Waals surface area contributed by atoms with E-state index in [9.17, 15) is 19.7 Å². The summed E-state index contributed by atoms with van der Waals surface area (Å²) in [6.45, 7) is 1.28. The van der Waals surface area contributed by atoms with Crippen molar-refractivity contribution in [3.63, 3.8) is 0 Å². The molecule has 1 aliphatic rings. The molecule has 28 heavy (non-hydrogen) atoms. The maximum Gasteiger partial charge on any atom is 0.339 e. The predicted octanol–water partition coefficient (Wildman–Crippen LogP) is 3.44. The van der Waals surface area contributed by atoms with Gasteiger partial charge in [0.25, 0.3) is 11.2 Å². The zero-order valence-corrected chi connectivity index (χ0v) is 15.9. The number of carbonyl (C=O) groups excluding carboxylic acids is 1. The number of H-pyrrole nitrogens is 1. The number of benzene rings is 1. The van der Waals surface area contributed by atoms with E-state index in [2.05, 4.69) is 9.97 Å². The number of rotatable bonds is 4. The number of nitro benzene ring substituents is 1. The molecule has 0 saturated carbocycles. The number of thiophene rings is 1. The maximum absolute atomic E-state index is 12.5. The van der Waals surface area contributed by atoms with Gasteiger partial charge >= 0.3 is 5.97 Å². The molecule has 2 aromatic heterocycles. The van der Waals surface area contributed by atoms with Crippen LogP contribution in [0.15, 0.2) is 23.0 Å². The zero-order valence-electron chi connectivity index (χ0n) is 15.1. The zero-order chi connectivity index (χ0) is 19.8. The van der Waals surface area contributed by atoms with Crippen LogP contribution in [0, 0.1) is 17.0 Å². The van der Waals surface area contributed by atoms with Crippen molar-refractivity contribution in [3.8, 4) is 0 Å². The molecule has 0 amide bonds. The molecule has 0 fully saturated rings. The highest BCUT2D eigenvalue weighted by Gasteiger charge is 2.21. The second-order valence-corrected chi connectivity index (χ2v) is 7.77. The lowest BCUT2D eigenvalue weighted by atomic mass is 9.97. The van der Waals surface area contributed by atoms with Crippen LogP contribution in [0.3, 0.4) is 0 Å². The lowest BCUT2D eigenvalue weighted by Gasteiger charge is -2.09. The summed E-state index contributed by atoms with van der Waals surface area (Å²) in [6.07, 6.45) is 4.04. The van der Waals surface area contributed by atoms with Crippen LogP contribution in [0.25, 0.3) is 10.2 Å². The smallest absolute Gasteiger partial charge is 0.339 e. The molecule has 1 aromatic carbocycles. The highest BCUT2D eigenvalue weighted by Crippen LogP contribution is 2.33. The number of hydrogen-bond acceptors (Lipinski definition) is 7. The van der Waals surface area contributed by atoms with Crippen LogP contribution in [0.4, 0.5) is 5.69 Å². The van der Waals surface area contributed by atoms with Gasteiger partial charge in [0.2, 0.25) is 0 Å². The van der Waals surface area contributed by atoms with Gasteiger partial charge in [-0.15, -0.1) is 11.3 Å². The number of aromatic amines is 1. The Balaban J connectivity index is 1.58. The maximum atomic E-state index is 12.5. The first kappa shape index (κ1) is 18.3. The minimum Gasteiger partial charge on any atom is -0.454 e. The van der Waals surface area contributed by atoms with Crippen LogP contribution in [0.5, 0.6) is 0 Å². The fraction of sp³-hybridized carbons (Fsp3) is 0.316. The lowest BCUT2D eigenvalue weighted by Crippen LogP contribution is -2.15. The van der Waals surface area contributed by atoms with Crippen molar-refractivity contribution in [1.82, 2.24) is 9.97 Å². The van der Waals surface area contributed by atoms with Gasteiger partial charge in [-0.05, 0) is 44.2 Å². The summed E-state index contributed by atoms with van der Waals surface area (Å²) < 4.78 is 5.25. The largest absolute Gasteiger partial charge is 0.454 e. The van der Waals surface area contributed by atoms with Crippen LogP contribution in [-0.4, -0.2) is 20.9 Å². The van der Waals surface area contributed by atoms with Crippen molar-refractivity contribution < 1.29 is 14.5 Å². The third kappa shape index (κ3) is 3.18. The Bertz CT molecular complexity index is 1160. The SMILES string of the molecule is Cc1c(C(=O)OCc2nc3sc4c(c3c(=O)[nH]2)CCCC4)cccc1[N+](=O)[O-]. The number of carbonyl (C=O) groups is 1. The number of nitro groups is 1. The second kappa shape index (κ2) is 7.16. The summed E-state index contributed by atoms with van der Waals surface area (Å²) in [5.41, 5.74) is 1.08. The molecule has 0 aliphatic heterocycles. The molecule has 3 aromatic rings. The first-order valence-electron chi connectivity index (χ1n) is 8.90. The Morgan fingerprint density at radius 2 is 2.14 bits per heavy atom. The third-order valence-corrected chi connectivity index (χ3v) is 6.12. The Hall–Kier alpha value is -3.07. The van der Waals surface area contributed by atoms with E-state index in [-0.39, 0.29) is 34.8 Å². The molecule has 4 rings (SSSR count). The van der Waals surface area contributed by atoms with Crippen LogP contribution in [0.1, 0.15) is 45.0 Å². The molecule has 144 valence electrons. The standard InChI is InChI=1S/C19H17N3O5S/c1-10-11(6-4-7-13(10)22(25)26)19(24)27-9-15-20-17(23)16-12-5-2-3-8-14(12)28-18(16)21-15/h4,6-7H,2-3,5,8-9H2,1H3,(H,20,21,23). The first-order valence-corrected chi connectivity index (χ1v) is 9.72. The highest BCUT2D eigenvalue weighted by atomic mass is 32.1. The van der Waals surface area contributed by atoms with Gasteiger partial charge in [-0.25, -0.2) is 9.78 Å². The molecule has 9 heteroatoms. The minimum absolute atomic E-state index is 0.115. The normalized spacial score (nSPS) is 13.3. The fourth-order valence-electron chi connectivity index (χ4n) is 3.53. The fourth-order valence-corrected chi connectivity index (χ4v) is 4.81. The molecular weight excluding hydrogens is 382 g/mol. The topological polar surface area (TPSA) is 115 Å². The Morgan fingerprint density at radius 3 is 2.93 bits per heavy atom. The number of nitrogens with one attached hydrogen (secondary N) is 1. The van der Waals surface area contributed by atoms with Gasteiger partial charge in [0.15, 0.2) is 0 Å². The van der Waals surface area contributed by atoms with E-state index in [1.165, 1.54) is 41.3 Å². The molecule has 0 spiro atoms. The van der Waals surface area contributed by atoms with E-state index in [0.29, 0.717) is 10.2 Å². The average molecular weight is 399 g/mol. The molecule has 0 unspecified atom stereocenters. The molecule has 1 aliphatic carbocycles. The summed E-state index contributed by atoms with van der Waals surface area (Å²) in [7, 11) is 0. The van der Waals surface area contributed by atoms with Crippen molar-refractivity contribution in [2.45, 2.75) is 39.2 Å². The summed E-state index contributed by atoms with van der Waals surface area (Å²) in [6, 6.07) is 4.24. The minimum atomic E-state index is -0.700. The van der Waals surface area contributed by atoms with Crippen molar-refractivity contribution in [2.75, 3.05) is 0 Å². The number of aryl methyl sites for hydroxylation is 2. The second-order valence-electron chi connectivity index (χ2n) is 6.69. The quantitative estimate of drug-likeness (QED) is 0.408. The molecule has 0 bridgehead atoms. The number of hydrogen-bond donors (Lipinski definition) is 1. The molecule has 0 radical (unpaired) electrons. The molecule has 8 nitrogen and oxygen atoms in total. The van der Waals surface area contributed by atoms with Crippen LogP contribution in [-0.2, 0) is 24.2 Å². The van der Waals surface area contributed by atoms with E-state index >= 15 is 0 Å². The van der Waals surface area contributed by atoms with E-state index in [0.717, 1.165) is 31.2 Å². The first-order chi connectivity index (χ1) is 13.5. The van der Waals surface area contributed by atoms with Crippen molar-refractivity contribution in [3.05, 3.63) is 66.1 Å². The average Bonchev–Trinajstić information content (AvgIpc) is 3.05. The van der Waals surface area contributed by atoms with Crippen LogP contribution >= 0.6 is 11.3 Å². The number of aromatic nitrogens is 2. The Labute approximate surface area is 163 Å². The van der Waals surface area contributed by atoms with Gasteiger partial charge in [-0.1, -0.05) is 6.07 Å². The number of esters is 1. The molecule has 0 saturated heterocycles. The molecule has 2 heterocycles. The lowest BCUT2D eigenvalue weighted by molar-refractivity contribution is -0.385. The monoisotopic (exact) mass is 399 g/mol. The van der Waals surface area contributed by atoms with Crippen LogP contribution < -0.4 is 5.56 Å². The van der Waals surface area contributed by atoms with Crippen molar-refractivity contribution in [2.24, 2.45) is 0 Å². The van der Waals surface area contributed by atoms with Gasteiger partial charge in [0.05, 0.1) is 15.9 Å². The van der Waals surface area contributed by atoms with Gasteiger partial charge in [-0.2, -0.15) is 0 Å². The van der Waals surface area contributed by atoms with Crippen molar-refractivity contribution in [1.29, 1.82) is 0 Å². The number of nitrogens with zero attached hydrogens (tertiary/aromatic N) is 2. The van der Waals surface area contributed by atoms with E-state index in [1.807, 2.05) is 0 Å². The number of ether oxygens (including phenoxy) is 1. The van der Waals surface area contributed by atoms with Gasteiger partial charge in [-0.3, -0.25) is 14.9 Å². The molecule has 0 atom stereocenters. The molecule has 1 N–H and O–H groups in total. The van der Waals surface area contributed by atoms with Gasteiger partial charge in [0.1, 0.15) is 17.3 Å². The van der Waals surface area contributed by atoms with Crippen LogP contribution in [0.2, 0.25) is 0 Å². The summed E-state index contributed by atoms with van der Waals surface area (Å²) in [5.74, 6) is -0.443. The predicted molar refractivity (Wildman–Crippen MR) is 104 cm³/mol. The number of fused-ring (bicyclic) bond motifs is 3. The molecular formula is C19H17N3O5S. The Kier molecular flexibility index (Phi) is 4.68. The van der Waals surface area contributed by atoms with E-state index < -0.39 is 10.9 Å². The summed E-state index contributed by atoms with van der Waals surface area (Å²) in [4.78, 5) is 44.4. The summed E-state index contributed by atoms with van der Waals surface area (Å²) in [5, 5.41) is 11.7.